The Hall–Kier alpha value is -1.35. The Balaban J connectivity index is 1.61. The number of hydrogen-bond donors (Lipinski definition) is 1. The molecule has 1 saturated heterocycles. The molecule has 0 unspecified atom stereocenters. The van der Waals surface area contributed by atoms with Crippen LogP contribution in [0.1, 0.15) is 37.7 Å². The number of aromatic nitrogens is 1. The van der Waals surface area contributed by atoms with Crippen LogP contribution >= 0.6 is 0 Å². The second-order valence-corrected chi connectivity index (χ2v) is 9.72. The van der Waals surface area contributed by atoms with Gasteiger partial charge in [-0.2, -0.15) is 4.40 Å². The highest BCUT2D eigenvalue weighted by Crippen LogP contribution is 2.48. The molecule has 0 atom stereocenters. The van der Waals surface area contributed by atoms with Crippen molar-refractivity contribution >= 4 is 16.0 Å². The lowest BCUT2D eigenvalue weighted by Gasteiger charge is -2.33. The maximum atomic E-state index is 13.6. The molecule has 1 saturated carbocycles. The fraction of sp³-hybridized carbons (Fsp3) is 0.647. The summed E-state index contributed by atoms with van der Waals surface area (Å²) in [6.45, 7) is 4.59. The Morgan fingerprint density at radius 1 is 1.36 bits per heavy atom. The molecule has 1 spiro atoms. The molecule has 25 heavy (non-hydrogen) atoms. The van der Waals surface area contributed by atoms with E-state index in [-0.39, 0.29) is 17.4 Å². The van der Waals surface area contributed by atoms with Gasteiger partial charge in [0.05, 0.1) is 12.8 Å². The molecule has 7 nitrogen and oxygen atoms in total. The summed E-state index contributed by atoms with van der Waals surface area (Å²) in [6.07, 6.45) is 8.18. The summed E-state index contributed by atoms with van der Waals surface area (Å²) in [5.41, 5.74) is 0.158. The predicted molar refractivity (Wildman–Crippen MR) is 95.3 cm³/mol. The van der Waals surface area contributed by atoms with Crippen molar-refractivity contribution in [3.8, 4) is 5.88 Å². The SMILES string of the molecule is Cc1cnc2c(c1)S(=O)(O)(OCCN1CCCCC1)N=CC1(CC1)O2. The third-order valence-corrected chi connectivity index (χ3v) is 7.11. The van der Waals surface area contributed by atoms with Crippen molar-refractivity contribution in [2.24, 2.45) is 4.40 Å². The predicted octanol–water partition coefficient (Wildman–Crippen LogP) is 2.37. The van der Waals surface area contributed by atoms with E-state index in [2.05, 4.69) is 14.3 Å². The van der Waals surface area contributed by atoms with Crippen molar-refractivity contribution in [3.05, 3.63) is 17.8 Å². The van der Waals surface area contributed by atoms with E-state index in [1.165, 1.54) is 25.5 Å². The zero-order valence-electron chi connectivity index (χ0n) is 14.5. The van der Waals surface area contributed by atoms with Gasteiger partial charge in [-0.15, -0.1) is 0 Å². The summed E-state index contributed by atoms with van der Waals surface area (Å²) in [5.74, 6) is 0.151. The van der Waals surface area contributed by atoms with E-state index in [1.54, 1.807) is 12.3 Å². The van der Waals surface area contributed by atoms with E-state index in [0.717, 1.165) is 31.5 Å². The minimum absolute atomic E-state index is 0.0377. The molecular weight excluding hydrogens is 342 g/mol. The van der Waals surface area contributed by atoms with Crippen LogP contribution in [0.5, 0.6) is 5.88 Å². The molecule has 1 aliphatic carbocycles. The van der Waals surface area contributed by atoms with Crippen molar-refractivity contribution in [2.75, 3.05) is 26.2 Å². The summed E-state index contributed by atoms with van der Waals surface area (Å²) >= 11 is 0. The largest absolute Gasteiger partial charge is 0.464 e. The summed E-state index contributed by atoms with van der Waals surface area (Å²) in [4.78, 5) is 6.52. The third kappa shape index (κ3) is 3.36. The minimum atomic E-state index is -4.86. The molecular formula is C17H25N3O4S. The van der Waals surface area contributed by atoms with Crippen molar-refractivity contribution in [1.29, 1.82) is 0 Å². The van der Waals surface area contributed by atoms with Gasteiger partial charge < -0.3 is 9.64 Å². The maximum Gasteiger partial charge on any atom is 0.235 e. The van der Waals surface area contributed by atoms with Crippen LogP contribution in [0.2, 0.25) is 0 Å². The van der Waals surface area contributed by atoms with Gasteiger partial charge in [0.1, 0.15) is 10.5 Å². The smallest absolute Gasteiger partial charge is 0.235 e. The number of piperidine rings is 1. The van der Waals surface area contributed by atoms with E-state index in [4.69, 9.17) is 8.92 Å². The zero-order chi connectivity index (χ0) is 17.6. The maximum absolute atomic E-state index is 13.6. The normalized spacial score (nSPS) is 27.5. The van der Waals surface area contributed by atoms with E-state index in [9.17, 15) is 8.76 Å². The number of hydrogen-bond acceptors (Lipinski definition) is 5. The number of aryl methyl sites for hydroxylation is 1. The number of rotatable bonds is 4. The van der Waals surface area contributed by atoms with Crippen LogP contribution in [-0.4, -0.2) is 56.7 Å². The van der Waals surface area contributed by atoms with E-state index < -0.39 is 15.4 Å². The molecule has 1 aromatic rings. The summed E-state index contributed by atoms with van der Waals surface area (Å²) < 4.78 is 40.2. The molecule has 8 heteroatoms. The second kappa shape index (κ2) is 5.84. The van der Waals surface area contributed by atoms with Gasteiger partial charge in [0.2, 0.25) is 15.7 Å². The van der Waals surface area contributed by atoms with Crippen LogP contribution in [0.4, 0.5) is 0 Å². The molecule has 1 N–H and O–H groups in total. The molecule has 0 bridgehead atoms. The first-order valence-electron chi connectivity index (χ1n) is 8.90. The van der Waals surface area contributed by atoms with Crippen molar-refractivity contribution in [3.63, 3.8) is 0 Å². The molecule has 1 aromatic heterocycles. The first-order chi connectivity index (χ1) is 11.9. The fourth-order valence-electron chi connectivity index (χ4n) is 3.27. The molecule has 0 radical (unpaired) electrons. The lowest BCUT2D eigenvalue weighted by molar-refractivity contribution is 0.173. The molecule has 3 heterocycles. The lowest BCUT2D eigenvalue weighted by Crippen LogP contribution is -2.38. The molecule has 2 aliphatic heterocycles. The molecule has 138 valence electrons. The minimum Gasteiger partial charge on any atom is -0.464 e. The summed E-state index contributed by atoms with van der Waals surface area (Å²) in [5, 5.41) is 0. The molecule has 0 aromatic carbocycles. The number of likely N-dealkylation sites (tertiary alicyclic amines) is 1. The van der Waals surface area contributed by atoms with Crippen LogP contribution in [-0.2, 0) is 14.0 Å². The molecule has 3 aliphatic rings. The highest BCUT2D eigenvalue weighted by molar-refractivity contribution is 8.10. The first kappa shape index (κ1) is 17.1. The Morgan fingerprint density at radius 3 is 2.84 bits per heavy atom. The van der Waals surface area contributed by atoms with Crippen molar-refractivity contribution < 1.29 is 17.7 Å². The van der Waals surface area contributed by atoms with E-state index in [0.29, 0.717) is 6.54 Å². The number of pyridine rings is 1. The lowest BCUT2D eigenvalue weighted by atomic mass is 10.1. The Kier molecular flexibility index (Phi) is 3.99. The Morgan fingerprint density at radius 2 is 2.12 bits per heavy atom. The van der Waals surface area contributed by atoms with Gasteiger partial charge in [-0.1, -0.05) is 6.42 Å². The van der Waals surface area contributed by atoms with Gasteiger partial charge in [0.15, 0.2) is 0 Å². The van der Waals surface area contributed by atoms with Gasteiger partial charge in [0, 0.05) is 12.7 Å². The fourth-order valence-corrected chi connectivity index (χ4v) is 5.10. The summed E-state index contributed by atoms with van der Waals surface area (Å²) in [7, 11) is -4.86. The molecule has 4 rings (SSSR count). The molecule has 2 fully saturated rings. The Bertz CT molecular complexity index is 771. The standard InChI is InChI=1S/C17H25N3O4S/c1-14-11-15-16(18-12-14)24-17(5-6-17)13-19-25(15,21,22)23-10-9-20-7-3-2-4-8-20/h11-13H,2-10H2,1H3,(H,21,22). The van der Waals surface area contributed by atoms with Crippen molar-refractivity contribution in [1.82, 2.24) is 9.88 Å². The van der Waals surface area contributed by atoms with Crippen LogP contribution in [0.15, 0.2) is 21.6 Å². The Labute approximate surface area is 148 Å². The second-order valence-electron chi connectivity index (χ2n) is 7.24. The van der Waals surface area contributed by atoms with Gasteiger partial charge in [0.25, 0.3) is 0 Å². The van der Waals surface area contributed by atoms with Gasteiger partial charge >= 0.3 is 0 Å². The van der Waals surface area contributed by atoms with Crippen molar-refractivity contribution in [2.45, 2.75) is 49.5 Å². The number of nitrogens with zero attached hydrogens (tertiary/aromatic N) is 3. The quantitative estimate of drug-likeness (QED) is 0.879. The number of ether oxygens (including phenoxy) is 1. The van der Waals surface area contributed by atoms with Gasteiger partial charge in [-0.25, -0.2) is 9.19 Å². The highest BCUT2D eigenvalue weighted by atomic mass is 32.3. The topological polar surface area (TPSA) is 84.3 Å². The third-order valence-electron chi connectivity index (χ3n) is 5.00. The number of fused-ring (bicyclic) bond motifs is 1. The monoisotopic (exact) mass is 367 g/mol. The average Bonchev–Trinajstić information content (AvgIpc) is 3.37. The van der Waals surface area contributed by atoms with Crippen LogP contribution in [0, 0.1) is 6.92 Å². The van der Waals surface area contributed by atoms with Gasteiger partial charge in [-0.05, 0) is 57.3 Å². The highest BCUT2D eigenvalue weighted by Gasteiger charge is 2.52. The van der Waals surface area contributed by atoms with Gasteiger partial charge in [-0.3, -0.25) is 8.74 Å². The zero-order valence-corrected chi connectivity index (χ0v) is 15.3. The summed E-state index contributed by atoms with van der Waals surface area (Å²) in [6, 6.07) is 1.59. The van der Waals surface area contributed by atoms with Crippen LogP contribution in [0.25, 0.3) is 0 Å². The van der Waals surface area contributed by atoms with E-state index in [1.807, 2.05) is 6.92 Å². The average molecular weight is 367 g/mol. The van der Waals surface area contributed by atoms with Crippen LogP contribution < -0.4 is 4.74 Å². The van der Waals surface area contributed by atoms with Crippen LogP contribution in [0.3, 0.4) is 0 Å². The van der Waals surface area contributed by atoms with E-state index >= 15 is 0 Å². The first-order valence-corrected chi connectivity index (χ1v) is 10.7. The molecule has 0 amide bonds.